The summed E-state index contributed by atoms with van der Waals surface area (Å²) in [5.74, 6) is 0.258. The Bertz CT molecular complexity index is 596. The van der Waals surface area contributed by atoms with Gasteiger partial charge >= 0.3 is 0 Å². The van der Waals surface area contributed by atoms with Crippen molar-refractivity contribution in [2.24, 2.45) is 0 Å². The number of amides is 1. The normalized spacial score (nSPS) is 19.7. The number of carbonyl (C=O) groups is 1. The maximum Gasteiger partial charge on any atom is 0.235 e. The van der Waals surface area contributed by atoms with Crippen molar-refractivity contribution in [3.8, 4) is 0 Å². The van der Waals surface area contributed by atoms with Crippen LogP contribution in [0, 0.1) is 0 Å². The van der Waals surface area contributed by atoms with E-state index in [1.807, 2.05) is 24.1 Å². The molecular weight excluding hydrogens is 242 g/mol. The second-order valence-electron chi connectivity index (χ2n) is 4.66. The van der Waals surface area contributed by atoms with Crippen molar-refractivity contribution < 1.29 is 4.79 Å². The number of benzene rings is 2. The molecule has 1 atom stereocenters. The van der Waals surface area contributed by atoms with Crippen molar-refractivity contribution in [3.63, 3.8) is 0 Å². The molecule has 1 aliphatic rings. The molecule has 0 aromatic heterocycles. The van der Waals surface area contributed by atoms with Crippen LogP contribution in [0.5, 0.6) is 0 Å². The number of carbonyl (C=O) groups excluding carboxylic acids is 1. The molecule has 0 radical (unpaired) electrons. The molecule has 1 unspecified atom stereocenters. The smallest absolute Gasteiger partial charge is 0.235 e. The van der Waals surface area contributed by atoms with E-state index in [-0.39, 0.29) is 11.2 Å². The van der Waals surface area contributed by atoms with Gasteiger partial charge in [-0.3, -0.25) is 4.79 Å². The van der Waals surface area contributed by atoms with E-state index >= 15 is 0 Å². The van der Waals surface area contributed by atoms with Crippen LogP contribution in [0.1, 0.15) is 6.42 Å². The Labute approximate surface area is 111 Å². The Hall–Kier alpha value is -1.48. The van der Waals surface area contributed by atoms with Crippen LogP contribution in [-0.2, 0) is 4.79 Å². The zero-order chi connectivity index (χ0) is 12.5. The molecule has 0 aliphatic carbocycles. The van der Waals surface area contributed by atoms with E-state index in [1.54, 1.807) is 11.8 Å². The summed E-state index contributed by atoms with van der Waals surface area (Å²) in [6.45, 7) is 0.879. The third-order valence-electron chi connectivity index (χ3n) is 3.38. The molecular formula is C15H15NOS. The lowest BCUT2D eigenvalue weighted by atomic mass is 10.1. The second kappa shape index (κ2) is 4.65. The molecule has 92 valence electrons. The molecule has 3 rings (SSSR count). The van der Waals surface area contributed by atoms with E-state index in [0.717, 1.165) is 13.0 Å². The largest absolute Gasteiger partial charge is 0.345 e. The summed E-state index contributed by atoms with van der Waals surface area (Å²) in [7, 11) is 1.88. The van der Waals surface area contributed by atoms with E-state index in [9.17, 15) is 4.79 Å². The number of rotatable bonds is 2. The lowest BCUT2D eigenvalue weighted by molar-refractivity contribution is -0.126. The molecule has 0 N–H and O–H groups in total. The van der Waals surface area contributed by atoms with Gasteiger partial charge in [-0.15, -0.1) is 11.8 Å². The number of fused-ring (bicyclic) bond motifs is 1. The van der Waals surface area contributed by atoms with Gasteiger partial charge in [0.25, 0.3) is 0 Å². The monoisotopic (exact) mass is 257 g/mol. The standard InChI is InChI=1S/C15H15NOS/c1-16-9-8-14(15(16)17)18-13-7-6-11-4-2-3-5-12(11)10-13/h2-7,10,14H,8-9H2,1H3. The minimum Gasteiger partial charge on any atom is -0.345 e. The SMILES string of the molecule is CN1CCC(Sc2ccc3ccccc3c2)C1=O. The molecule has 1 fully saturated rings. The highest BCUT2D eigenvalue weighted by molar-refractivity contribution is 8.00. The van der Waals surface area contributed by atoms with Crippen LogP contribution < -0.4 is 0 Å². The average Bonchev–Trinajstić information content (AvgIpc) is 2.71. The van der Waals surface area contributed by atoms with Crippen LogP contribution >= 0.6 is 11.8 Å². The van der Waals surface area contributed by atoms with Gasteiger partial charge in [0.15, 0.2) is 0 Å². The predicted molar refractivity (Wildman–Crippen MR) is 75.8 cm³/mol. The fourth-order valence-electron chi connectivity index (χ4n) is 2.30. The molecule has 1 aliphatic heterocycles. The van der Waals surface area contributed by atoms with Gasteiger partial charge in [-0.25, -0.2) is 0 Å². The van der Waals surface area contributed by atoms with Crippen molar-refractivity contribution >= 4 is 28.4 Å². The lowest BCUT2D eigenvalue weighted by Gasteiger charge is -2.10. The summed E-state index contributed by atoms with van der Waals surface area (Å²) in [4.78, 5) is 14.9. The van der Waals surface area contributed by atoms with Gasteiger partial charge < -0.3 is 4.90 Å². The van der Waals surface area contributed by atoms with Gasteiger partial charge in [-0.1, -0.05) is 30.3 Å². The highest BCUT2D eigenvalue weighted by Crippen LogP contribution is 2.31. The van der Waals surface area contributed by atoms with E-state index in [0.29, 0.717) is 0 Å². The molecule has 3 heteroatoms. The number of hydrogen-bond donors (Lipinski definition) is 0. The summed E-state index contributed by atoms with van der Waals surface area (Å²) >= 11 is 1.69. The Kier molecular flexibility index (Phi) is 3.00. The molecule has 2 nitrogen and oxygen atoms in total. The van der Waals surface area contributed by atoms with Crippen LogP contribution in [-0.4, -0.2) is 29.6 Å². The van der Waals surface area contributed by atoms with E-state index in [1.165, 1.54) is 15.7 Å². The minimum atomic E-state index is 0.0937. The summed E-state index contributed by atoms with van der Waals surface area (Å²) in [6, 6.07) is 14.7. The third-order valence-corrected chi connectivity index (χ3v) is 4.63. The number of likely N-dealkylation sites (tertiary alicyclic amines) is 1. The Morgan fingerprint density at radius 2 is 1.94 bits per heavy atom. The van der Waals surface area contributed by atoms with Crippen molar-refractivity contribution in [2.75, 3.05) is 13.6 Å². The highest BCUT2D eigenvalue weighted by atomic mass is 32.2. The molecule has 1 saturated heterocycles. The van der Waals surface area contributed by atoms with Gasteiger partial charge in [-0.05, 0) is 29.3 Å². The van der Waals surface area contributed by atoms with Gasteiger partial charge in [-0.2, -0.15) is 0 Å². The second-order valence-corrected chi connectivity index (χ2v) is 5.94. The van der Waals surface area contributed by atoms with Gasteiger partial charge in [0.1, 0.15) is 0 Å². The summed E-state index contributed by atoms with van der Waals surface area (Å²) < 4.78 is 0. The fraction of sp³-hybridized carbons (Fsp3) is 0.267. The van der Waals surface area contributed by atoms with Crippen molar-refractivity contribution in [3.05, 3.63) is 42.5 Å². The molecule has 2 aromatic rings. The highest BCUT2D eigenvalue weighted by Gasteiger charge is 2.29. The number of nitrogens with zero attached hydrogens (tertiary/aromatic N) is 1. The number of thioether (sulfide) groups is 1. The van der Waals surface area contributed by atoms with E-state index < -0.39 is 0 Å². The quantitative estimate of drug-likeness (QED) is 0.823. The minimum absolute atomic E-state index is 0.0937. The van der Waals surface area contributed by atoms with Crippen LogP contribution in [0.25, 0.3) is 10.8 Å². The molecule has 0 saturated carbocycles. The first-order valence-electron chi connectivity index (χ1n) is 6.14. The first-order valence-corrected chi connectivity index (χ1v) is 7.02. The molecule has 2 aromatic carbocycles. The average molecular weight is 257 g/mol. The van der Waals surface area contributed by atoms with Crippen LogP contribution in [0.2, 0.25) is 0 Å². The predicted octanol–water partition coefficient (Wildman–Crippen LogP) is 3.16. The molecule has 0 spiro atoms. The summed E-state index contributed by atoms with van der Waals surface area (Å²) in [5.41, 5.74) is 0. The van der Waals surface area contributed by atoms with Crippen molar-refractivity contribution in [2.45, 2.75) is 16.6 Å². The molecule has 1 amide bonds. The first kappa shape index (κ1) is 11.6. The fourth-order valence-corrected chi connectivity index (χ4v) is 3.48. The zero-order valence-electron chi connectivity index (χ0n) is 10.3. The topological polar surface area (TPSA) is 20.3 Å². The molecule has 1 heterocycles. The summed E-state index contributed by atoms with van der Waals surface area (Å²) in [6.07, 6.45) is 0.951. The van der Waals surface area contributed by atoms with E-state index in [4.69, 9.17) is 0 Å². The third kappa shape index (κ3) is 2.10. The Morgan fingerprint density at radius 1 is 1.17 bits per heavy atom. The molecule has 18 heavy (non-hydrogen) atoms. The van der Waals surface area contributed by atoms with Crippen molar-refractivity contribution in [1.82, 2.24) is 4.90 Å². The molecule has 0 bridgehead atoms. The maximum atomic E-state index is 11.9. The summed E-state index contributed by atoms with van der Waals surface area (Å²) in [5, 5.41) is 2.58. The van der Waals surface area contributed by atoms with Crippen LogP contribution in [0.3, 0.4) is 0 Å². The first-order chi connectivity index (χ1) is 8.74. The van der Waals surface area contributed by atoms with Gasteiger partial charge in [0.2, 0.25) is 5.91 Å². The van der Waals surface area contributed by atoms with Crippen molar-refractivity contribution in [1.29, 1.82) is 0 Å². The zero-order valence-corrected chi connectivity index (χ0v) is 11.1. The van der Waals surface area contributed by atoms with Crippen LogP contribution in [0.15, 0.2) is 47.4 Å². The van der Waals surface area contributed by atoms with Crippen LogP contribution in [0.4, 0.5) is 0 Å². The maximum absolute atomic E-state index is 11.9. The van der Waals surface area contributed by atoms with Gasteiger partial charge in [0.05, 0.1) is 5.25 Å². The van der Waals surface area contributed by atoms with E-state index in [2.05, 4.69) is 30.3 Å². The Morgan fingerprint density at radius 3 is 2.67 bits per heavy atom. The van der Waals surface area contributed by atoms with Gasteiger partial charge in [0, 0.05) is 18.5 Å². The number of hydrogen-bond acceptors (Lipinski definition) is 2. The Balaban J connectivity index is 1.85. The lowest BCUT2D eigenvalue weighted by Crippen LogP contribution is -2.23.